The van der Waals surface area contributed by atoms with Crippen LogP contribution < -0.4 is 11.3 Å². The van der Waals surface area contributed by atoms with Gasteiger partial charge in [0.2, 0.25) is 0 Å². The SMILES string of the molecule is Nc1ccc2nc(=O)cncc2c1. The van der Waals surface area contributed by atoms with Gasteiger partial charge in [-0.2, -0.15) is 0 Å². The van der Waals surface area contributed by atoms with Gasteiger partial charge in [0.05, 0.1) is 11.7 Å². The van der Waals surface area contributed by atoms with Crippen LogP contribution in [0.5, 0.6) is 0 Å². The zero-order chi connectivity index (χ0) is 9.26. The summed E-state index contributed by atoms with van der Waals surface area (Å²) in [5, 5.41) is 0.766. The number of hydrogen-bond acceptors (Lipinski definition) is 4. The molecule has 0 aliphatic heterocycles. The highest BCUT2D eigenvalue weighted by molar-refractivity contribution is 5.80. The first kappa shape index (κ1) is 7.67. The first-order valence-electron chi connectivity index (χ1n) is 3.77. The Balaban J connectivity index is 2.93. The summed E-state index contributed by atoms with van der Waals surface area (Å²) in [6, 6.07) is 5.14. The highest BCUT2D eigenvalue weighted by Crippen LogP contribution is 2.11. The van der Waals surface area contributed by atoms with Crippen molar-refractivity contribution in [2.75, 3.05) is 5.73 Å². The molecular weight excluding hydrogens is 166 g/mol. The Morgan fingerprint density at radius 2 is 2.08 bits per heavy atom. The molecule has 1 heterocycles. The molecule has 1 aromatic heterocycles. The van der Waals surface area contributed by atoms with Crippen LogP contribution >= 0.6 is 0 Å². The van der Waals surface area contributed by atoms with Crippen molar-refractivity contribution in [3.05, 3.63) is 40.9 Å². The summed E-state index contributed by atoms with van der Waals surface area (Å²) in [5.41, 5.74) is 6.46. The van der Waals surface area contributed by atoms with Crippen LogP contribution in [0.3, 0.4) is 0 Å². The van der Waals surface area contributed by atoms with E-state index in [0.29, 0.717) is 11.2 Å². The van der Waals surface area contributed by atoms with Crippen molar-refractivity contribution in [3.8, 4) is 0 Å². The molecule has 0 radical (unpaired) electrons. The van der Waals surface area contributed by atoms with Crippen molar-refractivity contribution in [1.82, 2.24) is 9.97 Å². The molecule has 64 valence electrons. The second-order valence-corrected chi connectivity index (χ2v) is 2.68. The van der Waals surface area contributed by atoms with Crippen LogP contribution in [0.15, 0.2) is 35.4 Å². The minimum absolute atomic E-state index is 0.347. The Hall–Kier alpha value is -1.97. The van der Waals surface area contributed by atoms with E-state index >= 15 is 0 Å². The van der Waals surface area contributed by atoms with Gasteiger partial charge in [-0.05, 0) is 18.2 Å². The topological polar surface area (TPSA) is 68.9 Å². The number of anilines is 1. The third-order valence-electron chi connectivity index (χ3n) is 1.68. The predicted molar refractivity (Wildman–Crippen MR) is 50.2 cm³/mol. The van der Waals surface area contributed by atoms with Gasteiger partial charge in [-0.3, -0.25) is 9.78 Å². The molecule has 4 nitrogen and oxygen atoms in total. The normalized spacial score (nSPS) is 10.2. The van der Waals surface area contributed by atoms with Crippen molar-refractivity contribution in [2.45, 2.75) is 0 Å². The van der Waals surface area contributed by atoms with Crippen LogP contribution in [0, 0.1) is 0 Å². The molecular formula is C9H7N3O. The van der Waals surface area contributed by atoms with Crippen molar-refractivity contribution in [3.63, 3.8) is 0 Å². The number of aromatic nitrogens is 2. The van der Waals surface area contributed by atoms with Crippen molar-refractivity contribution >= 4 is 16.6 Å². The summed E-state index contributed by atoms with van der Waals surface area (Å²) in [6.45, 7) is 0. The van der Waals surface area contributed by atoms with Gasteiger partial charge in [0, 0.05) is 17.3 Å². The summed E-state index contributed by atoms with van der Waals surface area (Å²) in [7, 11) is 0. The number of benzene rings is 1. The number of nitrogens with two attached hydrogens (primary N) is 1. The smallest absolute Gasteiger partial charge is 0.288 e. The average Bonchev–Trinajstić information content (AvgIpc) is 2.25. The molecule has 0 saturated heterocycles. The molecule has 0 bridgehead atoms. The molecule has 0 amide bonds. The van der Waals surface area contributed by atoms with Gasteiger partial charge in [-0.1, -0.05) is 0 Å². The molecule has 2 N–H and O–H groups in total. The second kappa shape index (κ2) is 2.82. The molecule has 13 heavy (non-hydrogen) atoms. The Morgan fingerprint density at radius 3 is 2.92 bits per heavy atom. The van der Waals surface area contributed by atoms with Crippen LogP contribution in [0.4, 0.5) is 5.69 Å². The largest absolute Gasteiger partial charge is 0.399 e. The van der Waals surface area contributed by atoms with E-state index in [1.807, 2.05) is 0 Å². The quantitative estimate of drug-likeness (QED) is 0.591. The first-order valence-corrected chi connectivity index (χ1v) is 3.77. The lowest BCUT2D eigenvalue weighted by Gasteiger charge is -1.92. The minimum Gasteiger partial charge on any atom is -0.399 e. The van der Waals surface area contributed by atoms with E-state index in [0.717, 1.165) is 5.39 Å². The van der Waals surface area contributed by atoms with Crippen molar-refractivity contribution in [2.24, 2.45) is 0 Å². The van der Waals surface area contributed by atoms with Crippen molar-refractivity contribution in [1.29, 1.82) is 0 Å². The molecule has 1 aromatic carbocycles. The fourth-order valence-corrected chi connectivity index (χ4v) is 1.11. The van der Waals surface area contributed by atoms with Crippen LogP contribution in [-0.4, -0.2) is 9.97 Å². The van der Waals surface area contributed by atoms with Gasteiger partial charge < -0.3 is 5.73 Å². The van der Waals surface area contributed by atoms with E-state index in [1.54, 1.807) is 24.4 Å². The highest BCUT2D eigenvalue weighted by atomic mass is 16.1. The Labute approximate surface area is 74.1 Å². The Morgan fingerprint density at radius 1 is 1.23 bits per heavy atom. The van der Waals surface area contributed by atoms with Gasteiger partial charge in [0.15, 0.2) is 0 Å². The molecule has 0 aliphatic carbocycles. The molecule has 0 aliphatic rings. The summed E-state index contributed by atoms with van der Waals surface area (Å²) < 4.78 is 0. The molecule has 0 unspecified atom stereocenters. The standard InChI is InChI=1S/C9H7N3O/c10-7-1-2-8-6(3-7)4-11-5-9(13)12-8/h1-5H,10H2. The Bertz CT molecular complexity index is 510. The molecule has 4 heteroatoms. The molecule has 0 atom stereocenters. The summed E-state index contributed by atoms with van der Waals surface area (Å²) in [5.74, 6) is 0. The maximum atomic E-state index is 11.0. The summed E-state index contributed by atoms with van der Waals surface area (Å²) in [6.07, 6.45) is 2.75. The van der Waals surface area contributed by atoms with E-state index in [4.69, 9.17) is 5.73 Å². The molecule has 0 saturated carbocycles. The lowest BCUT2D eigenvalue weighted by atomic mass is 10.2. The second-order valence-electron chi connectivity index (χ2n) is 2.68. The number of hydrogen-bond donors (Lipinski definition) is 1. The molecule has 0 spiro atoms. The van der Waals surface area contributed by atoms with Crippen molar-refractivity contribution < 1.29 is 0 Å². The summed E-state index contributed by atoms with van der Waals surface area (Å²) in [4.78, 5) is 18.6. The number of nitrogen functional groups attached to an aromatic ring is 1. The van der Waals surface area contributed by atoms with E-state index in [9.17, 15) is 4.79 Å². The van der Waals surface area contributed by atoms with Crippen LogP contribution in [0.25, 0.3) is 10.9 Å². The van der Waals surface area contributed by atoms with Gasteiger partial charge >= 0.3 is 0 Å². The van der Waals surface area contributed by atoms with Crippen LogP contribution in [0.2, 0.25) is 0 Å². The number of fused-ring (bicyclic) bond motifs is 1. The molecule has 2 aromatic rings. The van der Waals surface area contributed by atoms with Gasteiger partial charge in [-0.25, -0.2) is 4.98 Å². The van der Waals surface area contributed by atoms with Gasteiger partial charge in [0.1, 0.15) is 0 Å². The third kappa shape index (κ3) is 1.46. The van der Waals surface area contributed by atoms with Gasteiger partial charge in [-0.15, -0.1) is 0 Å². The average molecular weight is 173 g/mol. The number of rotatable bonds is 0. The lowest BCUT2D eigenvalue weighted by molar-refractivity contribution is 1.26. The molecule has 2 rings (SSSR count). The van der Waals surface area contributed by atoms with E-state index in [1.165, 1.54) is 6.20 Å². The monoisotopic (exact) mass is 173 g/mol. The first-order chi connectivity index (χ1) is 6.25. The third-order valence-corrected chi connectivity index (χ3v) is 1.68. The van der Waals surface area contributed by atoms with E-state index in [2.05, 4.69) is 9.97 Å². The van der Waals surface area contributed by atoms with Crippen LogP contribution in [0.1, 0.15) is 0 Å². The van der Waals surface area contributed by atoms with E-state index in [-0.39, 0.29) is 5.56 Å². The summed E-state index contributed by atoms with van der Waals surface area (Å²) >= 11 is 0. The lowest BCUT2D eigenvalue weighted by Crippen LogP contribution is -1.98. The minimum atomic E-state index is -0.347. The maximum Gasteiger partial charge on any atom is 0.288 e. The number of nitrogens with zero attached hydrogens (tertiary/aromatic N) is 2. The van der Waals surface area contributed by atoms with E-state index < -0.39 is 0 Å². The predicted octanol–water partition coefficient (Wildman–Crippen LogP) is 0.572. The highest BCUT2D eigenvalue weighted by Gasteiger charge is 1.93. The van der Waals surface area contributed by atoms with Crippen LogP contribution in [-0.2, 0) is 0 Å². The Kier molecular flexibility index (Phi) is 1.66. The maximum absolute atomic E-state index is 11.0. The molecule has 0 fully saturated rings. The zero-order valence-corrected chi connectivity index (χ0v) is 6.77. The fraction of sp³-hybridized carbons (Fsp3) is 0. The zero-order valence-electron chi connectivity index (χ0n) is 6.77. The van der Waals surface area contributed by atoms with Gasteiger partial charge in [0.25, 0.3) is 5.56 Å². The fourth-order valence-electron chi connectivity index (χ4n) is 1.11.